The number of unbranched alkanes of at least 4 members (excludes halogenated alkanes) is 3. The van der Waals surface area contributed by atoms with Gasteiger partial charge < -0.3 is 14.8 Å². The van der Waals surface area contributed by atoms with Crippen molar-refractivity contribution in [3.8, 4) is 11.5 Å². The predicted octanol–water partition coefficient (Wildman–Crippen LogP) is 3.54. The molecule has 0 aliphatic heterocycles. The Kier molecular flexibility index (Phi) is 7.75. The highest BCUT2D eigenvalue weighted by Crippen LogP contribution is 2.28. The fourth-order valence-corrected chi connectivity index (χ4v) is 1.90. The number of benzene rings is 1. The van der Waals surface area contributed by atoms with Crippen molar-refractivity contribution >= 4 is 0 Å². The Bertz CT molecular complexity index is 377. The first kappa shape index (κ1) is 15.6. The van der Waals surface area contributed by atoms with Gasteiger partial charge in [-0.1, -0.05) is 12.1 Å². The molecule has 0 unspecified atom stereocenters. The van der Waals surface area contributed by atoms with Crippen LogP contribution < -0.4 is 14.8 Å². The van der Waals surface area contributed by atoms with Gasteiger partial charge in [0.15, 0.2) is 11.5 Å². The van der Waals surface area contributed by atoms with Crippen molar-refractivity contribution in [2.45, 2.75) is 32.2 Å². The van der Waals surface area contributed by atoms with Crippen LogP contribution in [0.4, 0.5) is 0 Å². The monoisotopic (exact) mass is 263 g/mol. The van der Waals surface area contributed by atoms with Crippen molar-refractivity contribution in [3.63, 3.8) is 0 Å². The van der Waals surface area contributed by atoms with E-state index < -0.39 is 0 Å². The molecule has 1 aromatic rings. The molecule has 1 rings (SSSR count). The van der Waals surface area contributed by atoms with Gasteiger partial charge in [-0.25, -0.2) is 0 Å². The van der Waals surface area contributed by atoms with Gasteiger partial charge in [-0.2, -0.15) is 0 Å². The number of rotatable bonds is 10. The largest absolute Gasteiger partial charge is 0.493 e. The molecule has 0 aromatic heterocycles. The van der Waals surface area contributed by atoms with E-state index in [9.17, 15) is 0 Å². The molecule has 0 atom stereocenters. The average Bonchev–Trinajstić information content (AvgIpc) is 2.43. The van der Waals surface area contributed by atoms with Crippen LogP contribution in [0.5, 0.6) is 11.5 Å². The third-order valence-corrected chi connectivity index (χ3v) is 2.92. The lowest BCUT2D eigenvalue weighted by molar-refractivity contribution is 0.285. The first-order chi connectivity index (χ1) is 9.31. The molecule has 0 spiro atoms. The van der Waals surface area contributed by atoms with E-state index in [1.54, 1.807) is 7.11 Å². The molecule has 0 saturated heterocycles. The predicted molar refractivity (Wildman–Crippen MR) is 79.9 cm³/mol. The van der Waals surface area contributed by atoms with Gasteiger partial charge >= 0.3 is 0 Å². The van der Waals surface area contributed by atoms with E-state index in [0.29, 0.717) is 0 Å². The summed E-state index contributed by atoms with van der Waals surface area (Å²) in [6, 6.07) is 6.05. The summed E-state index contributed by atoms with van der Waals surface area (Å²) in [5.41, 5.74) is 1.20. The molecule has 3 nitrogen and oxygen atoms in total. The standard InChI is InChI=1S/C16H25NO2/c1-4-5-6-7-8-11-19-16-12-14(13-17-2)9-10-15(16)18-3/h4,9-10,12,17H,1,5-8,11,13H2,2-3H3. The average molecular weight is 263 g/mol. The fraction of sp³-hybridized carbons (Fsp3) is 0.500. The zero-order valence-electron chi connectivity index (χ0n) is 12.1. The second-order valence-corrected chi connectivity index (χ2v) is 4.50. The number of hydrogen-bond donors (Lipinski definition) is 1. The Morgan fingerprint density at radius 3 is 2.74 bits per heavy atom. The molecular weight excluding hydrogens is 238 g/mol. The van der Waals surface area contributed by atoms with E-state index in [1.807, 2.05) is 31.3 Å². The molecule has 0 aliphatic rings. The Morgan fingerprint density at radius 2 is 2.05 bits per heavy atom. The van der Waals surface area contributed by atoms with Gasteiger partial charge in [0.1, 0.15) is 0 Å². The normalized spacial score (nSPS) is 10.2. The van der Waals surface area contributed by atoms with Crippen LogP contribution in [0.15, 0.2) is 30.9 Å². The van der Waals surface area contributed by atoms with Crippen LogP contribution in [0.25, 0.3) is 0 Å². The van der Waals surface area contributed by atoms with E-state index in [4.69, 9.17) is 9.47 Å². The van der Waals surface area contributed by atoms with Crippen LogP contribution in [0.3, 0.4) is 0 Å². The second kappa shape index (κ2) is 9.45. The first-order valence-corrected chi connectivity index (χ1v) is 6.87. The van der Waals surface area contributed by atoms with Gasteiger partial charge in [-0.05, 0) is 50.4 Å². The molecule has 19 heavy (non-hydrogen) atoms. The minimum atomic E-state index is 0.733. The summed E-state index contributed by atoms with van der Waals surface area (Å²) < 4.78 is 11.1. The molecule has 0 amide bonds. The highest BCUT2D eigenvalue weighted by Gasteiger charge is 2.05. The van der Waals surface area contributed by atoms with Crippen LogP contribution >= 0.6 is 0 Å². The lowest BCUT2D eigenvalue weighted by Gasteiger charge is -2.12. The van der Waals surface area contributed by atoms with Crippen LogP contribution in [0.1, 0.15) is 31.2 Å². The number of methoxy groups -OCH3 is 1. The summed E-state index contributed by atoms with van der Waals surface area (Å²) >= 11 is 0. The third kappa shape index (κ3) is 5.79. The zero-order chi connectivity index (χ0) is 13.9. The minimum absolute atomic E-state index is 0.733. The quantitative estimate of drug-likeness (QED) is 0.517. The maximum atomic E-state index is 5.82. The van der Waals surface area contributed by atoms with E-state index in [1.165, 1.54) is 18.4 Å². The summed E-state index contributed by atoms with van der Waals surface area (Å²) in [6.45, 7) is 5.29. The molecular formula is C16H25NO2. The first-order valence-electron chi connectivity index (χ1n) is 6.87. The maximum Gasteiger partial charge on any atom is 0.161 e. The molecule has 0 bridgehead atoms. The van der Waals surface area contributed by atoms with Gasteiger partial charge in [0.05, 0.1) is 13.7 Å². The number of nitrogens with one attached hydrogen (secondary N) is 1. The Balaban J connectivity index is 2.45. The third-order valence-electron chi connectivity index (χ3n) is 2.92. The van der Waals surface area contributed by atoms with Crippen molar-refractivity contribution in [3.05, 3.63) is 36.4 Å². The van der Waals surface area contributed by atoms with Crippen LogP contribution in [-0.2, 0) is 6.54 Å². The summed E-state index contributed by atoms with van der Waals surface area (Å²) in [5.74, 6) is 1.63. The Morgan fingerprint density at radius 1 is 1.21 bits per heavy atom. The SMILES string of the molecule is C=CCCCCCOc1cc(CNC)ccc1OC. The highest BCUT2D eigenvalue weighted by molar-refractivity contribution is 5.42. The molecule has 0 fully saturated rings. The second-order valence-electron chi connectivity index (χ2n) is 4.50. The molecule has 0 saturated carbocycles. The molecule has 0 aliphatic carbocycles. The van der Waals surface area contributed by atoms with E-state index in [-0.39, 0.29) is 0 Å². The van der Waals surface area contributed by atoms with Crippen molar-refractivity contribution in [1.29, 1.82) is 0 Å². The van der Waals surface area contributed by atoms with Gasteiger partial charge in [-0.15, -0.1) is 6.58 Å². The minimum Gasteiger partial charge on any atom is -0.493 e. The van der Waals surface area contributed by atoms with Gasteiger partial charge in [0.25, 0.3) is 0 Å². The lowest BCUT2D eigenvalue weighted by atomic mass is 10.2. The maximum absolute atomic E-state index is 5.82. The molecule has 106 valence electrons. The van der Waals surface area contributed by atoms with Crippen molar-refractivity contribution in [2.75, 3.05) is 20.8 Å². The Labute approximate surface area is 116 Å². The van der Waals surface area contributed by atoms with E-state index in [0.717, 1.165) is 37.5 Å². The van der Waals surface area contributed by atoms with Gasteiger partial charge in [0, 0.05) is 6.54 Å². The Hall–Kier alpha value is -1.48. The van der Waals surface area contributed by atoms with E-state index >= 15 is 0 Å². The highest BCUT2D eigenvalue weighted by atomic mass is 16.5. The van der Waals surface area contributed by atoms with Crippen LogP contribution in [0, 0.1) is 0 Å². The molecule has 1 N–H and O–H groups in total. The topological polar surface area (TPSA) is 30.5 Å². The number of hydrogen-bond acceptors (Lipinski definition) is 3. The van der Waals surface area contributed by atoms with Crippen LogP contribution in [-0.4, -0.2) is 20.8 Å². The summed E-state index contributed by atoms with van der Waals surface area (Å²) in [6.07, 6.45) is 6.47. The zero-order valence-corrected chi connectivity index (χ0v) is 12.1. The van der Waals surface area contributed by atoms with Crippen molar-refractivity contribution in [2.24, 2.45) is 0 Å². The molecule has 0 radical (unpaired) electrons. The molecule has 3 heteroatoms. The smallest absolute Gasteiger partial charge is 0.161 e. The summed E-state index contributed by atoms with van der Waals surface area (Å²) in [4.78, 5) is 0. The summed E-state index contributed by atoms with van der Waals surface area (Å²) in [5, 5.41) is 3.13. The number of ether oxygens (including phenoxy) is 2. The van der Waals surface area contributed by atoms with Crippen molar-refractivity contribution in [1.82, 2.24) is 5.32 Å². The van der Waals surface area contributed by atoms with E-state index in [2.05, 4.69) is 11.9 Å². The van der Waals surface area contributed by atoms with Gasteiger partial charge in [0.2, 0.25) is 0 Å². The lowest BCUT2D eigenvalue weighted by Crippen LogP contribution is -2.06. The molecule has 1 aromatic carbocycles. The summed E-state index contributed by atoms with van der Waals surface area (Å²) in [7, 11) is 3.61. The van der Waals surface area contributed by atoms with Crippen LogP contribution in [0.2, 0.25) is 0 Å². The molecule has 0 heterocycles. The number of allylic oxidation sites excluding steroid dienone is 1. The van der Waals surface area contributed by atoms with Gasteiger partial charge in [-0.3, -0.25) is 0 Å². The van der Waals surface area contributed by atoms with Crippen molar-refractivity contribution < 1.29 is 9.47 Å². The fourth-order valence-electron chi connectivity index (χ4n) is 1.90.